The van der Waals surface area contributed by atoms with Crippen LogP contribution in [0.1, 0.15) is 32.6 Å². The largest absolute Gasteiger partial charge is 0.298 e. The van der Waals surface area contributed by atoms with Gasteiger partial charge in [-0.15, -0.1) is 0 Å². The van der Waals surface area contributed by atoms with Crippen molar-refractivity contribution in [3.8, 4) is 6.07 Å². The molecule has 0 aromatic carbocycles. The highest BCUT2D eigenvalue weighted by Gasteiger charge is 2.49. The molecule has 54 valence electrons. The summed E-state index contributed by atoms with van der Waals surface area (Å²) in [6.45, 7) is 1.96. The molecule has 0 N–H and O–H groups in total. The van der Waals surface area contributed by atoms with Gasteiger partial charge in [-0.05, 0) is 19.3 Å². The van der Waals surface area contributed by atoms with E-state index in [0.29, 0.717) is 6.42 Å². The number of carbonyl (C=O) groups is 1. The second-order valence-electron chi connectivity index (χ2n) is 2.87. The average molecular weight is 137 g/mol. The molecule has 0 heterocycles. The number of hydrogen-bond acceptors (Lipinski definition) is 2. The van der Waals surface area contributed by atoms with E-state index in [2.05, 4.69) is 6.07 Å². The zero-order valence-electron chi connectivity index (χ0n) is 6.18. The summed E-state index contributed by atoms with van der Waals surface area (Å²) in [6.07, 6.45) is 3.03. The molecular weight excluding hydrogens is 126 g/mol. The van der Waals surface area contributed by atoms with Gasteiger partial charge < -0.3 is 0 Å². The highest BCUT2D eigenvalue weighted by Crippen LogP contribution is 2.46. The van der Waals surface area contributed by atoms with Crippen LogP contribution < -0.4 is 0 Å². The normalized spacial score (nSPS) is 19.6. The highest BCUT2D eigenvalue weighted by atomic mass is 16.1. The van der Waals surface area contributed by atoms with Crippen LogP contribution in [0.3, 0.4) is 0 Å². The van der Waals surface area contributed by atoms with Gasteiger partial charge in [-0.3, -0.25) is 4.79 Å². The van der Waals surface area contributed by atoms with E-state index in [9.17, 15) is 4.79 Å². The molecule has 0 atom stereocenters. The van der Waals surface area contributed by atoms with Gasteiger partial charge in [0, 0.05) is 6.42 Å². The molecule has 2 nitrogen and oxygen atoms in total. The topological polar surface area (TPSA) is 40.9 Å². The molecule has 2 heteroatoms. The lowest BCUT2D eigenvalue weighted by atomic mass is 10.00. The summed E-state index contributed by atoms with van der Waals surface area (Å²) in [5.41, 5.74) is -0.532. The number of ketones is 1. The Balaban J connectivity index is 2.50. The first-order valence-corrected chi connectivity index (χ1v) is 3.70. The van der Waals surface area contributed by atoms with Crippen LogP contribution in [-0.4, -0.2) is 5.78 Å². The molecule has 10 heavy (non-hydrogen) atoms. The van der Waals surface area contributed by atoms with Gasteiger partial charge in [-0.1, -0.05) is 6.92 Å². The Morgan fingerprint density at radius 3 is 2.60 bits per heavy atom. The van der Waals surface area contributed by atoms with Gasteiger partial charge in [0.2, 0.25) is 0 Å². The fourth-order valence-electron chi connectivity index (χ4n) is 1.04. The van der Waals surface area contributed by atoms with Gasteiger partial charge in [-0.2, -0.15) is 5.26 Å². The molecule has 0 aromatic rings. The quantitative estimate of drug-likeness (QED) is 0.593. The standard InChI is InChI=1S/C8H11NO/c1-2-3-7(10)8(6-9)4-5-8/h2-5H2,1H3. The lowest BCUT2D eigenvalue weighted by molar-refractivity contribution is -0.122. The van der Waals surface area contributed by atoms with Crippen LogP contribution in [0.5, 0.6) is 0 Å². The van der Waals surface area contributed by atoms with Crippen molar-refractivity contribution in [2.24, 2.45) is 5.41 Å². The molecule has 0 amide bonds. The van der Waals surface area contributed by atoms with E-state index in [1.807, 2.05) is 6.92 Å². The zero-order valence-corrected chi connectivity index (χ0v) is 6.18. The zero-order chi connectivity index (χ0) is 7.61. The molecule has 0 radical (unpaired) electrons. The van der Waals surface area contributed by atoms with Crippen LogP contribution in [0.25, 0.3) is 0 Å². The monoisotopic (exact) mass is 137 g/mol. The van der Waals surface area contributed by atoms with Gasteiger partial charge >= 0.3 is 0 Å². The minimum absolute atomic E-state index is 0.150. The van der Waals surface area contributed by atoms with Gasteiger partial charge in [0.05, 0.1) is 6.07 Å². The molecule has 1 rings (SSSR count). The molecule has 0 saturated heterocycles. The van der Waals surface area contributed by atoms with Crippen LogP contribution in [0.15, 0.2) is 0 Å². The molecule has 0 aromatic heterocycles. The number of nitrogens with zero attached hydrogens (tertiary/aromatic N) is 1. The third-order valence-electron chi connectivity index (χ3n) is 1.97. The summed E-state index contributed by atoms with van der Waals surface area (Å²) in [5, 5.41) is 8.58. The van der Waals surface area contributed by atoms with Crippen molar-refractivity contribution in [2.45, 2.75) is 32.6 Å². The van der Waals surface area contributed by atoms with Crippen molar-refractivity contribution in [3.63, 3.8) is 0 Å². The van der Waals surface area contributed by atoms with Crippen molar-refractivity contribution in [3.05, 3.63) is 0 Å². The predicted molar refractivity (Wildman–Crippen MR) is 37.2 cm³/mol. The summed E-state index contributed by atoms with van der Waals surface area (Å²) < 4.78 is 0. The van der Waals surface area contributed by atoms with Crippen molar-refractivity contribution in [2.75, 3.05) is 0 Å². The first-order valence-electron chi connectivity index (χ1n) is 3.70. The molecule has 1 aliphatic carbocycles. The minimum atomic E-state index is -0.532. The lowest BCUT2D eigenvalue weighted by Crippen LogP contribution is -2.12. The Hall–Kier alpha value is -0.840. The number of carbonyl (C=O) groups excluding carboxylic acids is 1. The third-order valence-corrected chi connectivity index (χ3v) is 1.97. The van der Waals surface area contributed by atoms with E-state index in [-0.39, 0.29) is 5.78 Å². The van der Waals surface area contributed by atoms with Gasteiger partial charge in [-0.25, -0.2) is 0 Å². The summed E-state index contributed by atoms with van der Waals surface area (Å²) in [4.78, 5) is 11.1. The highest BCUT2D eigenvalue weighted by molar-refractivity contribution is 5.90. The van der Waals surface area contributed by atoms with Gasteiger partial charge in [0.25, 0.3) is 0 Å². The van der Waals surface area contributed by atoms with Crippen molar-refractivity contribution < 1.29 is 4.79 Å². The second-order valence-corrected chi connectivity index (χ2v) is 2.87. The first-order chi connectivity index (χ1) is 4.75. The minimum Gasteiger partial charge on any atom is -0.298 e. The molecule has 0 spiro atoms. The van der Waals surface area contributed by atoms with Crippen LogP contribution in [0, 0.1) is 16.7 Å². The first kappa shape index (κ1) is 7.27. The van der Waals surface area contributed by atoms with E-state index in [1.54, 1.807) is 0 Å². The number of nitriles is 1. The Labute approximate surface area is 60.8 Å². The fraction of sp³-hybridized carbons (Fsp3) is 0.750. The Bertz CT molecular complexity index is 186. The molecule has 0 unspecified atom stereocenters. The van der Waals surface area contributed by atoms with Crippen molar-refractivity contribution in [1.29, 1.82) is 5.26 Å². The van der Waals surface area contributed by atoms with Gasteiger partial charge in [0.15, 0.2) is 5.78 Å². The van der Waals surface area contributed by atoms with E-state index in [4.69, 9.17) is 5.26 Å². The molecular formula is C8H11NO. The van der Waals surface area contributed by atoms with Crippen LogP contribution in [-0.2, 0) is 4.79 Å². The number of rotatable bonds is 3. The lowest BCUT2D eigenvalue weighted by Gasteiger charge is -2.00. The van der Waals surface area contributed by atoms with E-state index < -0.39 is 5.41 Å². The Kier molecular flexibility index (Phi) is 1.76. The maximum absolute atomic E-state index is 11.1. The van der Waals surface area contributed by atoms with Crippen molar-refractivity contribution >= 4 is 5.78 Å². The Morgan fingerprint density at radius 1 is 1.70 bits per heavy atom. The second kappa shape index (κ2) is 2.42. The SMILES string of the molecule is CCCC(=O)C1(C#N)CC1. The maximum atomic E-state index is 11.1. The van der Waals surface area contributed by atoms with Gasteiger partial charge in [0.1, 0.15) is 5.41 Å². The Morgan fingerprint density at radius 2 is 2.30 bits per heavy atom. The summed E-state index contributed by atoms with van der Waals surface area (Å²) in [7, 11) is 0. The molecule has 1 saturated carbocycles. The molecule has 1 aliphatic rings. The summed E-state index contributed by atoms with van der Waals surface area (Å²) in [6, 6.07) is 2.09. The number of Topliss-reactive ketones (excluding diaryl/α,β-unsaturated/α-hetero) is 1. The van der Waals surface area contributed by atoms with E-state index in [1.165, 1.54) is 0 Å². The molecule has 1 fully saturated rings. The van der Waals surface area contributed by atoms with Crippen LogP contribution in [0.4, 0.5) is 0 Å². The summed E-state index contributed by atoms with van der Waals surface area (Å²) in [5.74, 6) is 0.150. The molecule has 0 bridgehead atoms. The predicted octanol–water partition coefficient (Wildman–Crippen LogP) is 1.66. The molecule has 0 aliphatic heterocycles. The van der Waals surface area contributed by atoms with E-state index >= 15 is 0 Å². The maximum Gasteiger partial charge on any atom is 0.153 e. The van der Waals surface area contributed by atoms with Crippen molar-refractivity contribution in [1.82, 2.24) is 0 Å². The number of hydrogen-bond donors (Lipinski definition) is 0. The van der Waals surface area contributed by atoms with Crippen LogP contribution >= 0.6 is 0 Å². The van der Waals surface area contributed by atoms with Crippen LogP contribution in [0.2, 0.25) is 0 Å². The average Bonchev–Trinajstić information content (AvgIpc) is 2.68. The summed E-state index contributed by atoms with van der Waals surface area (Å²) >= 11 is 0. The van der Waals surface area contributed by atoms with E-state index in [0.717, 1.165) is 19.3 Å². The third kappa shape index (κ3) is 1.04. The smallest absolute Gasteiger partial charge is 0.153 e. The fourth-order valence-corrected chi connectivity index (χ4v) is 1.04.